The number of para-hydroxylation sites is 1. The molecule has 0 amide bonds. The Kier molecular flexibility index (Phi) is 5.63. The van der Waals surface area contributed by atoms with Gasteiger partial charge in [0.1, 0.15) is 12.4 Å². The fraction of sp³-hybridized carbons (Fsp3) is 0.316. The monoisotopic (exact) mass is 313 g/mol. The quantitative estimate of drug-likeness (QED) is 0.649. The van der Waals surface area contributed by atoms with Crippen LogP contribution >= 0.6 is 0 Å². The molecule has 2 aromatic rings. The number of esters is 1. The van der Waals surface area contributed by atoms with Gasteiger partial charge < -0.3 is 14.8 Å². The van der Waals surface area contributed by atoms with E-state index in [2.05, 4.69) is 25.2 Å². The molecule has 0 heterocycles. The van der Waals surface area contributed by atoms with Crippen LogP contribution in [0.4, 0.5) is 5.69 Å². The standard InChI is InChI=1S/C19H23NO3/c1-13-7-6-10-17(15(13)3)23-12-11-20-18-14(2)8-5-9-16(18)19(21)22-4/h5-10,20H,11-12H2,1-4H3. The van der Waals surface area contributed by atoms with E-state index in [9.17, 15) is 4.79 Å². The normalized spacial score (nSPS) is 10.3. The second kappa shape index (κ2) is 7.68. The van der Waals surface area contributed by atoms with Gasteiger partial charge in [-0.05, 0) is 49.6 Å². The number of rotatable bonds is 6. The van der Waals surface area contributed by atoms with Crippen molar-refractivity contribution in [2.75, 3.05) is 25.6 Å². The summed E-state index contributed by atoms with van der Waals surface area (Å²) in [6.07, 6.45) is 0. The molecule has 0 aromatic heterocycles. The minimum Gasteiger partial charge on any atom is -0.491 e. The van der Waals surface area contributed by atoms with E-state index >= 15 is 0 Å². The number of hydrogen-bond acceptors (Lipinski definition) is 4. The number of carbonyl (C=O) groups excluding carboxylic acids is 1. The summed E-state index contributed by atoms with van der Waals surface area (Å²) in [4.78, 5) is 11.8. The number of anilines is 1. The second-order valence-corrected chi connectivity index (χ2v) is 5.46. The Labute approximate surface area is 137 Å². The number of hydrogen-bond donors (Lipinski definition) is 1. The number of ether oxygens (including phenoxy) is 2. The van der Waals surface area contributed by atoms with E-state index in [1.165, 1.54) is 12.7 Å². The molecule has 122 valence electrons. The zero-order chi connectivity index (χ0) is 16.8. The van der Waals surface area contributed by atoms with Crippen molar-refractivity contribution in [3.8, 4) is 5.75 Å². The third-order valence-electron chi connectivity index (χ3n) is 3.89. The zero-order valence-corrected chi connectivity index (χ0v) is 14.1. The summed E-state index contributed by atoms with van der Waals surface area (Å²) in [6.45, 7) is 7.19. The Morgan fingerprint density at radius 2 is 1.74 bits per heavy atom. The Morgan fingerprint density at radius 3 is 2.48 bits per heavy atom. The Bertz CT molecular complexity index is 695. The highest BCUT2D eigenvalue weighted by Gasteiger charge is 2.13. The average Bonchev–Trinajstić information content (AvgIpc) is 2.55. The molecule has 0 saturated heterocycles. The minimum absolute atomic E-state index is 0.341. The van der Waals surface area contributed by atoms with Gasteiger partial charge in [0.25, 0.3) is 0 Å². The van der Waals surface area contributed by atoms with Crippen LogP contribution in [-0.2, 0) is 4.74 Å². The first-order valence-electron chi connectivity index (χ1n) is 7.65. The van der Waals surface area contributed by atoms with Crippen molar-refractivity contribution in [3.05, 3.63) is 58.7 Å². The van der Waals surface area contributed by atoms with Crippen molar-refractivity contribution in [3.63, 3.8) is 0 Å². The van der Waals surface area contributed by atoms with Crippen LogP contribution < -0.4 is 10.1 Å². The topological polar surface area (TPSA) is 47.6 Å². The first kappa shape index (κ1) is 16.9. The van der Waals surface area contributed by atoms with E-state index in [1.54, 1.807) is 6.07 Å². The summed E-state index contributed by atoms with van der Waals surface area (Å²) in [6, 6.07) is 11.6. The molecule has 23 heavy (non-hydrogen) atoms. The summed E-state index contributed by atoms with van der Waals surface area (Å²) in [5.74, 6) is 0.552. The van der Waals surface area contributed by atoms with E-state index in [0.29, 0.717) is 18.7 Å². The van der Waals surface area contributed by atoms with Crippen molar-refractivity contribution in [1.29, 1.82) is 0 Å². The summed E-state index contributed by atoms with van der Waals surface area (Å²) in [5.41, 5.74) is 4.70. The lowest BCUT2D eigenvalue weighted by Crippen LogP contribution is -2.15. The molecule has 0 radical (unpaired) electrons. The van der Waals surface area contributed by atoms with Gasteiger partial charge >= 0.3 is 5.97 Å². The van der Waals surface area contributed by atoms with Crippen LogP contribution in [0.15, 0.2) is 36.4 Å². The van der Waals surface area contributed by atoms with Crippen molar-refractivity contribution in [1.82, 2.24) is 0 Å². The fourth-order valence-electron chi connectivity index (χ4n) is 2.40. The average molecular weight is 313 g/mol. The van der Waals surface area contributed by atoms with E-state index < -0.39 is 0 Å². The SMILES string of the molecule is COC(=O)c1cccc(C)c1NCCOc1cccc(C)c1C. The molecule has 2 rings (SSSR count). The van der Waals surface area contributed by atoms with Gasteiger partial charge in [-0.25, -0.2) is 4.79 Å². The molecular formula is C19H23NO3. The minimum atomic E-state index is -0.341. The van der Waals surface area contributed by atoms with Gasteiger partial charge in [-0.3, -0.25) is 0 Å². The van der Waals surface area contributed by atoms with Crippen LogP contribution in [0.5, 0.6) is 5.75 Å². The molecule has 1 N–H and O–H groups in total. The highest BCUT2D eigenvalue weighted by Crippen LogP contribution is 2.22. The molecule has 0 aliphatic carbocycles. The van der Waals surface area contributed by atoms with Crippen LogP contribution in [0.2, 0.25) is 0 Å². The number of aryl methyl sites for hydroxylation is 2. The Balaban J connectivity index is 1.99. The van der Waals surface area contributed by atoms with E-state index in [1.807, 2.05) is 31.2 Å². The maximum absolute atomic E-state index is 11.8. The molecule has 0 saturated carbocycles. The molecule has 0 atom stereocenters. The van der Waals surface area contributed by atoms with E-state index in [-0.39, 0.29) is 5.97 Å². The maximum atomic E-state index is 11.8. The number of carbonyl (C=O) groups is 1. The molecule has 2 aromatic carbocycles. The smallest absolute Gasteiger partial charge is 0.339 e. The van der Waals surface area contributed by atoms with Crippen LogP contribution in [0.25, 0.3) is 0 Å². The van der Waals surface area contributed by atoms with E-state index in [4.69, 9.17) is 9.47 Å². The molecule has 4 nitrogen and oxygen atoms in total. The molecule has 4 heteroatoms. The van der Waals surface area contributed by atoms with Crippen LogP contribution in [0.1, 0.15) is 27.0 Å². The molecule has 0 fully saturated rings. The summed E-state index contributed by atoms with van der Waals surface area (Å²) >= 11 is 0. The van der Waals surface area contributed by atoms with Crippen LogP contribution in [-0.4, -0.2) is 26.2 Å². The maximum Gasteiger partial charge on any atom is 0.339 e. The van der Waals surface area contributed by atoms with Gasteiger partial charge in [0.15, 0.2) is 0 Å². The van der Waals surface area contributed by atoms with Crippen molar-refractivity contribution < 1.29 is 14.3 Å². The predicted octanol–water partition coefficient (Wildman–Crippen LogP) is 3.89. The molecule has 0 aliphatic rings. The van der Waals surface area contributed by atoms with Gasteiger partial charge in [0.05, 0.1) is 18.4 Å². The highest BCUT2D eigenvalue weighted by atomic mass is 16.5. The van der Waals surface area contributed by atoms with Gasteiger partial charge in [-0.1, -0.05) is 24.3 Å². The highest BCUT2D eigenvalue weighted by molar-refractivity contribution is 5.96. The number of methoxy groups -OCH3 is 1. The molecule has 0 spiro atoms. The van der Waals surface area contributed by atoms with Crippen molar-refractivity contribution >= 4 is 11.7 Å². The second-order valence-electron chi connectivity index (χ2n) is 5.46. The summed E-state index contributed by atoms with van der Waals surface area (Å²) in [7, 11) is 1.39. The first-order valence-corrected chi connectivity index (χ1v) is 7.65. The largest absolute Gasteiger partial charge is 0.491 e. The Hall–Kier alpha value is -2.49. The molecule has 0 aliphatic heterocycles. The third kappa shape index (κ3) is 4.03. The summed E-state index contributed by atoms with van der Waals surface area (Å²) in [5, 5.41) is 3.28. The van der Waals surface area contributed by atoms with Crippen LogP contribution in [0.3, 0.4) is 0 Å². The molecule has 0 bridgehead atoms. The molecule has 0 unspecified atom stereocenters. The fourth-order valence-corrected chi connectivity index (χ4v) is 2.40. The van der Waals surface area contributed by atoms with Gasteiger partial charge in [0.2, 0.25) is 0 Å². The molecular weight excluding hydrogens is 290 g/mol. The first-order chi connectivity index (χ1) is 11.0. The number of benzene rings is 2. The summed E-state index contributed by atoms with van der Waals surface area (Å²) < 4.78 is 10.7. The third-order valence-corrected chi connectivity index (χ3v) is 3.89. The lowest BCUT2D eigenvalue weighted by atomic mass is 10.1. The predicted molar refractivity (Wildman–Crippen MR) is 92.4 cm³/mol. The van der Waals surface area contributed by atoms with Crippen molar-refractivity contribution in [2.24, 2.45) is 0 Å². The lowest BCUT2D eigenvalue weighted by Gasteiger charge is -2.15. The zero-order valence-electron chi connectivity index (χ0n) is 14.1. The van der Waals surface area contributed by atoms with Gasteiger partial charge in [-0.2, -0.15) is 0 Å². The van der Waals surface area contributed by atoms with Crippen LogP contribution in [0, 0.1) is 20.8 Å². The van der Waals surface area contributed by atoms with Gasteiger partial charge in [-0.15, -0.1) is 0 Å². The lowest BCUT2D eigenvalue weighted by molar-refractivity contribution is 0.0601. The van der Waals surface area contributed by atoms with E-state index in [0.717, 1.165) is 22.6 Å². The number of nitrogens with one attached hydrogen (secondary N) is 1. The van der Waals surface area contributed by atoms with Gasteiger partial charge in [0, 0.05) is 6.54 Å². The Morgan fingerprint density at radius 1 is 1.04 bits per heavy atom. The van der Waals surface area contributed by atoms with Crippen molar-refractivity contribution in [2.45, 2.75) is 20.8 Å².